The van der Waals surface area contributed by atoms with E-state index in [9.17, 15) is 0 Å². The van der Waals surface area contributed by atoms with Gasteiger partial charge in [0.25, 0.3) is 0 Å². The second-order valence-corrected chi connectivity index (χ2v) is 11.7. The maximum absolute atomic E-state index is 4.95. The Morgan fingerprint density at radius 2 is 1.16 bits per heavy atom. The van der Waals surface area contributed by atoms with Crippen LogP contribution in [0, 0.1) is 17.8 Å². The molecule has 4 fully saturated rings. The van der Waals surface area contributed by atoms with E-state index in [-0.39, 0.29) is 17.0 Å². The van der Waals surface area contributed by atoms with E-state index in [1.807, 2.05) is 0 Å². The van der Waals surface area contributed by atoms with Gasteiger partial charge in [0.2, 0.25) is 0 Å². The first kappa shape index (κ1) is 26.3. The number of imidazole rings is 1. The van der Waals surface area contributed by atoms with E-state index < -0.39 is 0 Å². The zero-order chi connectivity index (χ0) is 21.4. The number of aryl methyl sites for hydroxylation is 1. The average molecular weight is 508 g/mol. The van der Waals surface area contributed by atoms with Crippen molar-refractivity contribution in [2.45, 2.75) is 147 Å². The molecule has 4 bridgehead atoms. The summed E-state index contributed by atoms with van der Waals surface area (Å²) in [7, 11) is 0. The Hall–Kier alpha value is -0.310. The SMILES string of the molecule is Br.CCCCCCCCCCCCCCCCn1ccnc1C12CC3CC(CC(C3)C1)C2. The number of nitrogens with zero attached hydrogens (tertiary/aromatic N) is 2. The highest BCUT2D eigenvalue weighted by molar-refractivity contribution is 8.93. The van der Waals surface area contributed by atoms with Gasteiger partial charge in [-0.25, -0.2) is 4.98 Å². The number of rotatable bonds is 16. The monoisotopic (exact) mass is 506 g/mol. The highest BCUT2D eigenvalue weighted by Crippen LogP contribution is 2.60. The number of unbranched alkanes of at least 4 members (excludes halogenated alkanes) is 13. The van der Waals surface area contributed by atoms with Gasteiger partial charge in [-0.15, -0.1) is 17.0 Å². The number of hydrogen-bond acceptors (Lipinski definition) is 1. The standard InChI is InChI=1S/C29H50N2.BrH/c1-2-3-4-5-6-7-8-9-10-11-12-13-14-15-17-31-18-16-30-28(31)29-22-25-19-26(23-29)21-27(20-25)24-29;/h16,18,25-27H,2-15,17,19-24H2,1H3;1H. The van der Waals surface area contributed by atoms with Gasteiger partial charge in [-0.05, 0) is 62.7 Å². The molecule has 1 heterocycles. The molecule has 1 aromatic heterocycles. The van der Waals surface area contributed by atoms with Crippen LogP contribution >= 0.6 is 17.0 Å². The molecule has 3 heteroatoms. The molecule has 0 unspecified atom stereocenters. The van der Waals surface area contributed by atoms with Crippen molar-refractivity contribution in [3.05, 3.63) is 18.2 Å². The van der Waals surface area contributed by atoms with Gasteiger partial charge in [0.1, 0.15) is 5.82 Å². The van der Waals surface area contributed by atoms with Crippen LogP contribution in [-0.2, 0) is 12.0 Å². The van der Waals surface area contributed by atoms with Crippen LogP contribution in [0.15, 0.2) is 12.4 Å². The smallest absolute Gasteiger partial charge is 0.114 e. The molecule has 0 saturated heterocycles. The van der Waals surface area contributed by atoms with Gasteiger partial charge in [0, 0.05) is 24.4 Å². The molecule has 0 radical (unpaired) electrons. The van der Waals surface area contributed by atoms with Crippen molar-refractivity contribution in [2.75, 3.05) is 0 Å². The zero-order valence-corrected chi connectivity index (χ0v) is 22.8. The van der Waals surface area contributed by atoms with Crippen LogP contribution in [0.4, 0.5) is 0 Å². The largest absolute Gasteiger partial charge is 0.334 e. The van der Waals surface area contributed by atoms with Gasteiger partial charge < -0.3 is 4.57 Å². The molecule has 0 atom stereocenters. The van der Waals surface area contributed by atoms with E-state index in [2.05, 4.69) is 23.9 Å². The van der Waals surface area contributed by atoms with Crippen LogP contribution in [0.3, 0.4) is 0 Å². The Labute approximate surface area is 209 Å². The normalized spacial score (nSPS) is 28.2. The molecule has 4 aliphatic rings. The molecule has 5 rings (SSSR count). The third kappa shape index (κ3) is 7.09. The van der Waals surface area contributed by atoms with Gasteiger partial charge in [0.15, 0.2) is 0 Å². The van der Waals surface area contributed by atoms with Crippen molar-refractivity contribution >= 4 is 17.0 Å². The lowest BCUT2D eigenvalue weighted by Gasteiger charge is -2.56. The van der Waals surface area contributed by atoms with E-state index in [1.54, 1.807) is 0 Å². The summed E-state index contributed by atoms with van der Waals surface area (Å²) in [5, 5.41) is 0. The van der Waals surface area contributed by atoms with Gasteiger partial charge in [-0.1, -0.05) is 90.4 Å². The molecule has 1 aromatic rings. The Bertz CT molecular complexity index is 602. The van der Waals surface area contributed by atoms with Gasteiger partial charge in [0.05, 0.1) is 0 Å². The summed E-state index contributed by atoms with van der Waals surface area (Å²) in [6.45, 7) is 3.51. The molecule has 0 spiro atoms. The molecule has 0 aromatic carbocycles. The van der Waals surface area contributed by atoms with Crippen molar-refractivity contribution in [1.29, 1.82) is 0 Å². The Morgan fingerprint density at radius 3 is 1.62 bits per heavy atom. The number of aromatic nitrogens is 2. The third-order valence-electron chi connectivity index (χ3n) is 8.98. The minimum atomic E-state index is 0. The van der Waals surface area contributed by atoms with Crippen molar-refractivity contribution in [3.8, 4) is 0 Å². The fourth-order valence-electron chi connectivity index (χ4n) is 7.81. The van der Waals surface area contributed by atoms with E-state index in [0.717, 1.165) is 17.8 Å². The van der Waals surface area contributed by atoms with Crippen molar-refractivity contribution in [1.82, 2.24) is 9.55 Å². The van der Waals surface area contributed by atoms with Crippen LogP contribution < -0.4 is 0 Å². The molecule has 4 aliphatic carbocycles. The highest BCUT2D eigenvalue weighted by Gasteiger charge is 2.53. The van der Waals surface area contributed by atoms with Crippen molar-refractivity contribution in [2.24, 2.45) is 17.8 Å². The molecular weight excluding hydrogens is 456 g/mol. The first-order chi connectivity index (χ1) is 15.3. The maximum atomic E-state index is 4.95. The Balaban J connectivity index is 0.00000289. The summed E-state index contributed by atoms with van der Waals surface area (Å²) < 4.78 is 2.56. The summed E-state index contributed by atoms with van der Waals surface area (Å²) in [5.74, 6) is 4.51. The second-order valence-electron chi connectivity index (χ2n) is 11.7. The predicted octanol–water partition coefficient (Wildman–Crippen LogP) is 9.41. The highest BCUT2D eigenvalue weighted by atomic mass is 79.9. The van der Waals surface area contributed by atoms with E-state index in [0.29, 0.717) is 5.41 Å². The van der Waals surface area contributed by atoms with Crippen LogP contribution in [-0.4, -0.2) is 9.55 Å². The summed E-state index contributed by atoms with van der Waals surface area (Å²) in [5.41, 5.74) is 0.453. The average Bonchev–Trinajstić information content (AvgIpc) is 3.23. The first-order valence-electron chi connectivity index (χ1n) is 14.3. The second kappa shape index (κ2) is 13.5. The summed E-state index contributed by atoms with van der Waals surface area (Å²) in [6.07, 6.45) is 33.4. The fourth-order valence-corrected chi connectivity index (χ4v) is 7.81. The van der Waals surface area contributed by atoms with Crippen molar-refractivity contribution in [3.63, 3.8) is 0 Å². The minimum absolute atomic E-state index is 0. The van der Waals surface area contributed by atoms with E-state index >= 15 is 0 Å². The maximum Gasteiger partial charge on any atom is 0.114 e. The Kier molecular flexibility index (Phi) is 11.1. The molecule has 4 saturated carbocycles. The quantitative estimate of drug-likeness (QED) is 0.204. The molecule has 184 valence electrons. The van der Waals surface area contributed by atoms with Crippen LogP contribution in [0.2, 0.25) is 0 Å². The van der Waals surface area contributed by atoms with Gasteiger partial charge >= 0.3 is 0 Å². The first-order valence-corrected chi connectivity index (χ1v) is 14.3. The van der Waals surface area contributed by atoms with Gasteiger partial charge in [-0.2, -0.15) is 0 Å². The number of halogens is 1. The zero-order valence-electron chi connectivity index (χ0n) is 21.0. The molecular formula is C29H51BrN2. The fraction of sp³-hybridized carbons (Fsp3) is 0.897. The van der Waals surface area contributed by atoms with Crippen LogP contribution in [0.5, 0.6) is 0 Å². The minimum Gasteiger partial charge on any atom is -0.334 e. The lowest BCUT2D eigenvalue weighted by atomic mass is 9.49. The topological polar surface area (TPSA) is 17.8 Å². The van der Waals surface area contributed by atoms with Gasteiger partial charge in [-0.3, -0.25) is 0 Å². The lowest BCUT2D eigenvalue weighted by molar-refractivity contribution is -0.0110. The van der Waals surface area contributed by atoms with E-state index in [4.69, 9.17) is 4.98 Å². The van der Waals surface area contributed by atoms with Crippen molar-refractivity contribution < 1.29 is 0 Å². The van der Waals surface area contributed by atoms with Crippen LogP contribution in [0.1, 0.15) is 141 Å². The lowest BCUT2D eigenvalue weighted by Crippen LogP contribution is -2.49. The summed E-state index contributed by atoms with van der Waals surface area (Å²) in [6, 6.07) is 0. The third-order valence-corrected chi connectivity index (χ3v) is 8.98. The summed E-state index contributed by atoms with van der Waals surface area (Å²) >= 11 is 0. The molecule has 32 heavy (non-hydrogen) atoms. The molecule has 0 N–H and O–H groups in total. The van der Waals surface area contributed by atoms with E-state index in [1.165, 1.54) is 141 Å². The molecule has 0 aliphatic heterocycles. The molecule has 0 amide bonds. The Morgan fingerprint density at radius 1 is 0.719 bits per heavy atom. The predicted molar refractivity (Wildman–Crippen MR) is 143 cm³/mol. The van der Waals surface area contributed by atoms with Crippen LogP contribution in [0.25, 0.3) is 0 Å². The molecule has 2 nitrogen and oxygen atoms in total. The summed E-state index contributed by atoms with van der Waals surface area (Å²) in [4.78, 5) is 4.95. The number of hydrogen-bond donors (Lipinski definition) is 0.